The zero-order valence-corrected chi connectivity index (χ0v) is 8.61. The van der Waals surface area contributed by atoms with Crippen LogP contribution in [0.2, 0.25) is 0 Å². The van der Waals surface area contributed by atoms with E-state index in [1.807, 2.05) is 0 Å². The summed E-state index contributed by atoms with van der Waals surface area (Å²) in [6.45, 7) is 0.775. The maximum atomic E-state index is 4.91. The number of hydrogen-bond donors (Lipinski definition) is 0. The molecule has 0 fully saturated rings. The average Bonchev–Trinajstić information content (AvgIpc) is 2.37. The summed E-state index contributed by atoms with van der Waals surface area (Å²) in [5.74, 6) is 0.902. The van der Waals surface area contributed by atoms with Gasteiger partial charge in [0.1, 0.15) is 5.82 Å². The minimum atomic E-state index is 0.775. The fourth-order valence-electron chi connectivity index (χ4n) is 0.709. The first-order chi connectivity index (χ1) is 5.33. The SMILES string of the molecule is COCCCc1nsc(Br)n1. The fourth-order valence-corrected chi connectivity index (χ4v) is 1.59. The van der Waals surface area contributed by atoms with Crippen molar-refractivity contribution in [3.05, 3.63) is 9.74 Å². The number of aromatic nitrogens is 2. The number of rotatable bonds is 4. The summed E-state index contributed by atoms with van der Waals surface area (Å²) in [6, 6.07) is 0. The van der Waals surface area contributed by atoms with E-state index >= 15 is 0 Å². The van der Waals surface area contributed by atoms with Crippen LogP contribution in [-0.4, -0.2) is 23.1 Å². The molecular formula is C6H9BrN2OS. The summed E-state index contributed by atoms with van der Waals surface area (Å²) in [7, 11) is 1.70. The van der Waals surface area contributed by atoms with Gasteiger partial charge in [-0.2, -0.15) is 4.37 Å². The Hall–Kier alpha value is -0.0000000000000000555. The molecule has 1 heterocycles. The molecule has 0 spiro atoms. The van der Waals surface area contributed by atoms with Crippen molar-refractivity contribution in [3.63, 3.8) is 0 Å². The smallest absolute Gasteiger partial charge is 0.179 e. The summed E-state index contributed by atoms with van der Waals surface area (Å²) in [5.41, 5.74) is 0. The Labute approximate surface area is 78.1 Å². The molecule has 0 aromatic carbocycles. The number of hydrogen-bond acceptors (Lipinski definition) is 4. The molecule has 0 aliphatic carbocycles. The van der Waals surface area contributed by atoms with Gasteiger partial charge in [0, 0.05) is 20.1 Å². The van der Waals surface area contributed by atoms with Crippen LogP contribution < -0.4 is 0 Å². The highest BCUT2D eigenvalue weighted by atomic mass is 79.9. The van der Waals surface area contributed by atoms with Crippen molar-refractivity contribution in [2.45, 2.75) is 12.8 Å². The van der Waals surface area contributed by atoms with Gasteiger partial charge in [-0.15, -0.1) is 0 Å². The maximum Gasteiger partial charge on any atom is 0.179 e. The summed E-state index contributed by atoms with van der Waals surface area (Å²) in [5, 5.41) is 0. The molecule has 1 aromatic rings. The van der Waals surface area contributed by atoms with Gasteiger partial charge in [0.05, 0.1) is 0 Å². The Morgan fingerprint density at radius 2 is 2.45 bits per heavy atom. The number of ether oxygens (including phenoxy) is 1. The lowest BCUT2D eigenvalue weighted by Crippen LogP contribution is -1.93. The van der Waals surface area contributed by atoms with Gasteiger partial charge in [-0.05, 0) is 33.9 Å². The number of nitrogens with zero attached hydrogens (tertiary/aromatic N) is 2. The predicted molar refractivity (Wildman–Crippen MR) is 47.8 cm³/mol. The van der Waals surface area contributed by atoms with Crippen LogP contribution >= 0.6 is 27.5 Å². The minimum absolute atomic E-state index is 0.775. The molecule has 5 heteroatoms. The van der Waals surface area contributed by atoms with Crippen molar-refractivity contribution < 1.29 is 4.74 Å². The molecule has 1 aromatic heterocycles. The quantitative estimate of drug-likeness (QED) is 0.750. The maximum absolute atomic E-state index is 4.91. The molecule has 0 radical (unpaired) electrons. The number of aryl methyl sites for hydroxylation is 1. The van der Waals surface area contributed by atoms with Crippen molar-refractivity contribution in [2.24, 2.45) is 0 Å². The van der Waals surface area contributed by atoms with Gasteiger partial charge in [-0.3, -0.25) is 0 Å². The summed E-state index contributed by atoms with van der Waals surface area (Å²) < 4.78 is 9.87. The van der Waals surface area contributed by atoms with Crippen LogP contribution in [0.1, 0.15) is 12.2 Å². The van der Waals surface area contributed by atoms with Gasteiger partial charge in [0.25, 0.3) is 0 Å². The van der Waals surface area contributed by atoms with E-state index in [9.17, 15) is 0 Å². The Bertz CT molecular complexity index is 216. The van der Waals surface area contributed by atoms with Crippen LogP contribution in [0.5, 0.6) is 0 Å². The van der Waals surface area contributed by atoms with E-state index in [-0.39, 0.29) is 0 Å². The molecule has 0 saturated carbocycles. The Morgan fingerprint density at radius 3 is 3.00 bits per heavy atom. The standard InChI is InChI=1S/C6H9BrN2OS/c1-10-4-2-3-5-8-6(7)11-9-5/h2-4H2,1H3. The van der Waals surface area contributed by atoms with Crippen molar-refractivity contribution >= 4 is 27.5 Å². The van der Waals surface area contributed by atoms with Gasteiger partial charge in [0.15, 0.2) is 3.92 Å². The van der Waals surface area contributed by atoms with Crippen molar-refractivity contribution in [2.75, 3.05) is 13.7 Å². The highest BCUT2D eigenvalue weighted by Gasteiger charge is 1.99. The third kappa shape index (κ3) is 3.27. The topological polar surface area (TPSA) is 35.0 Å². The second-order valence-electron chi connectivity index (χ2n) is 2.06. The van der Waals surface area contributed by atoms with Crippen LogP contribution in [0.4, 0.5) is 0 Å². The molecular weight excluding hydrogens is 228 g/mol. The first-order valence-corrected chi connectivity index (χ1v) is 4.86. The second-order valence-corrected chi connectivity index (χ2v) is 4.09. The molecule has 62 valence electrons. The number of halogens is 1. The fraction of sp³-hybridized carbons (Fsp3) is 0.667. The Kier molecular flexibility index (Phi) is 3.96. The van der Waals surface area contributed by atoms with E-state index in [4.69, 9.17) is 4.74 Å². The summed E-state index contributed by atoms with van der Waals surface area (Å²) in [6.07, 6.45) is 1.88. The van der Waals surface area contributed by atoms with E-state index < -0.39 is 0 Å². The lowest BCUT2D eigenvalue weighted by atomic mass is 10.3. The third-order valence-corrected chi connectivity index (χ3v) is 2.35. The molecule has 0 N–H and O–H groups in total. The van der Waals surface area contributed by atoms with Crippen molar-refractivity contribution in [1.29, 1.82) is 0 Å². The summed E-state index contributed by atoms with van der Waals surface area (Å²) in [4.78, 5) is 4.15. The van der Waals surface area contributed by atoms with Crippen LogP contribution in [0.15, 0.2) is 3.92 Å². The molecule has 0 amide bonds. The van der Waals surface area contributed by atoms with Gasteiger partial charge >= 0.3 is 0 Å². The van der Waals surface area contributed by atoms with Crippen LogP contribution in [0.3, 0.4) is 0 Å². The van der Waals surface area contributed by atoms with E-state index in [2.05, 4.69) is 25.3 Å². The average molecular weight is 237 g/mol. The van der Waals surface area contributed by atoms with Gasteiger partial charge in [-0.1, -0.05) is 0 Å². The Morgan fingerprint density at radius 1 is 1.64 bits per heavy atom. The van der Waals surface area contributed by atoms with E-state index in [0.29, 0.717) is 0 Å². The lowest BCUT2D eigenvalue weighted by molar-refractivity contribution is 0.194. The zero-order valence-electron chi connectivity index (χ0n) is 6.21. The Balaban J connectivity index is 2.27. The molecule has 0 aliphatic rings. The monoisotopic (exact) mass is 236 g/mol. The van der Waals surface area contributed by atoms with E-state index in [1.54, 1.807) is 7.11 Å². The predicted octanol–water partition coefficient (Wildman–Crippen LogP) is 1.88. The van der Waals surface area contributed by atoms with Gasteiger partial charge in [-0.25, -0.2) is 4.98 Å². The van der Waals surface area contributed by atoms with Crippen molar-refractivity contribution in [3.8, 4) is 0 Å². The van der Waals surface area contributed by atoms with E-state index in [0.717, 1.165) is 29.2 Å². The molecule has 0 saturated heterocycles. The molecule has 0 bridgehead atoms. The van der Waals surface area contributed by atoms with Crippen LogP contribution in [0.25, 0.3) is 0 Å². The molecule has 0 unspecified atom stereocenters. The van der Waals surface area contributed by atoms with Gasteiger partial charge < -0.3 is 4.74 Å². The van der Waals surface area contributed by atoms with Crippen molar-refractivity contribution in [1.82, 2.24) is 9.36 Å². The van der Waals surface area contributed by atoms with Crippen LogP contribution in [-0.2, 0) is 11.2 Å². The molecule has 1 rings (SSSR count). The molecule has 0 atom stereocenters. The normalized spacial score (nSPS) is 10.4. The number of methoxy groups -OCH3 is 1. The highest BCUT2D eigenvalue weighted by molar-refractivity contribution is 9.11. The summed E-state index contributed by atoms with van der Waals surface area (Å²) >= 11 is 4.63. The second kappa shape index (κ2) is 4.79. The van der Waals surface area contributed by atoms with E-state index in [1.165, 1.54) is 11.5 Å². The minimum Gasteiger partial charge on any atom is -0.385 e. The lowest BCUT2D eigenvalue weighted by Gasteiger charge is -1.93. The first kappa shape index (κ1) is 9.09. The zero-order chi connectivity index (χ0) is 8.10. The van der Waals surface area contributed by atoms with Gasteiger partial charge in [0.2, 0.25) is 0 Å². The molecule has 0 aliphatic heterocycles. The molecule has 3 nitrogen and oxygen atoms in total. The van der Waals surface area contributed by atoms with Crippen LogP contribution in [0, 0.1) is 0 Å². The largest absolute Gasteiger partial charge is 0.385 e. The third-order valence-electron chi connectivity index (χ3n) is 1.19. The highest BCUT2D eigenvalue weighted by Crippen LogP contribution is 2.12. The molecule has 11 heavy (non-hydrogen) atoms. The first-order valence-electron chi connectivity index (χ1n) is 3.30.